The Morgan fingerprint density at radius 2 is 2.11 bits per heavy atom. The molecule has 3 rings (SSSR count). The Morgan fingerprint density at radius 3 is 2.83 bits per heavy atom. The van der Waals surface area contributed by atoms with E-state index in [9.17, 15) is 23.6 Å². The third kappa shape index (κ3) is 6.43. The molecule has 11 nitrogen and oxygen atoms in total. The molecule has 35 heavy (non-hydrogen) atoms. The highest BCUT2D eigenvalue weighted by atomic mass is 32.2. The van der Waals surface area contributed by atoms with Gasteiger partial charge in [-0.15, -0.1) is 5.10 Å². The molecule has 12 heteroatoms. The van der Waals surface area contributed by atoms with Crippen molar-refractivity contribution in [2.45, 2.75) is 56.9 Å². The minimum absolute atomic E-state index is 0.00701. The Labute approximate surface area is 205 Å². The third-order valence-electron chi connectivity index (χ3n) is 6.18. The zero-order chi connectivity index (χ0) is 25.6. The van der Waals surface area contributed by atoms with E-state index in [0.29, 0.717) is 18.7 Å². The van der Waals surface area contributed by atoms with Crippen molar-refractivity contribution in [2.24, 2.45) is 5.92 Å². The summed E-state index contributed by atoms with van der Waals surface area (Å²) in [5.41, 5.74) is 0.669. The Morgan fingerprint density at radius 1 is 1.37 bits per heavy atom. The summed E-state index contributed by atoms with van der Waals surface area (Å²) in [7, 11) is -2.53. The van der Waals surface area contributed by atoms with Crippen LogP contribution in [0.5, 0.6) is 0 Å². The second-order valence-corrected chi connectivity index (χ2v) is 10.9. The fraction of sp³-hybridized carbons (Fsp3) is 0.565. The van der Waals surface area contributed by atoms with Crippen LogP contribution in [-0.2, 0) is 32.7 Å². The first-order valence-electron chi connectivity index (χ1n) is 11.5. The molecule has 2 aromatic rings. The summed E-state index contributed by atoms with van der Waals surface area (Å²) >= 11 is 0. The fourth-order valence-corrected chi connectivity index (χ4v) is 5.32. The van der Waals surface area contributed by atoms with Crippen molar-refractivity contribution >= 4 is 15.9 Å². The standard InChI is InChI=1S/C23H32N6O5S/c1-17-12-29(18(2)15-30)23(31)9-6-10-28-13-20(25-26-28)16-34-21(17)14-27(3)35(32,33)22-8-5-4-7-19(22)11-24/h4-5,7-8,13,17-18,21,30H,6,9-10,12,14-16H2,1-3H3/t17-,18+,21-/m0/s1. The minimum atomic E-state index is -3.97. The second kappa shape index (κ2) is 11.7. The van der Waals surface area contributed by atoms with Crippen molar-refractivity contribution in [3.05, 3.63) is 41.7 Å². The van der Waals surface area contributed by atoms with Gasteiger partial charge in [0.2, 0.25) is 15.9 Å². The summed E-state index contributed by atoms with van der Waals surface area (Å²) in [6.07, 6.45) is 2.02. The molecule has 2 heterocycles. The molecule has 0 aliphatic carbocycles. The van der Waals surface area contributed by atoms with Crippen LogP contribution >= 0.6 is 0 Å². The Balaban J connectivity index is 1.89. The van der Waals surface area contributed by atoms with E-state index < -0.39 is 22.2 Å². The van der Waals surface area contributed by atoms with Gasteiger partial charge >= 0.3 is 0 Å². The lowest BCUT2D eigenvalue weighted by molar-refractivity contribution is -0.136. The highest BCUT2D eigenvalue weighted by Crippen LogP contribution is 2.22. The molecule has 0 radical (unpaired) electrons. The number of likely N-dealkylation sites (N-methyl/N-ethyl adjacent to an activating group) is 1. The van der Waals surface area contributed by atoms with Crippen molar-refractivity contribution in [3.8, 4) is 6.07 Å². The number of fused-ring (bicyclic) bond motifs is 2. The van der Waals surface area contributed by atoms with Crippen LogP contribution in [0.4, 0.5) is 0 Å². The topological polar surface area (TPSA) is 142 Å². The predicted molar refractivity (Wildman–Crippen MR) is 126 cm³/mol. The Bertz CT molecular complexity index is 1160. The van der Waals surface area contributed by atoms with E-state index >= 15 is 0 Å². The molecule has 0 saturated heterocycles. The number of aryl methyl sites for hydroxylation is 1. The first-order chi connectivity index (χ1) is 16.7. The maximum atomic E-state index is 13.3. The number of aliphatic hydroxyl groups is 1. The van der Waals surface area contributed by atoms with Crippen LogP contribution < -0.4 is 0 Å². The van der Waals surface area contributed by atoms with E-state index in [1.807, 2.05) is 13.0 Å². The number of rotatable bonds is 6. The number of aromatic nitrogens is 3. The molecule has 0 saturated carbocycles. The van der Waals surface area contributed by atoms with Crippen molar-refractivity contribution in [1.82, 2.24) is 24.2 Å². The first-order valence-corrected chi connectivity index (χ1v) is 13.0. The van der Waals surface area contributed by atoms with Gasteiger partial charge in [0.05, 0.1) is 42.0 Å². The maximum absolute atomic E-state index is 13.3. The van der Waals surface area contributed by atoms with Crippen molar-refractivity contribution in [2.75, 3.05) is 26.7 Å². The van der Waals surface area contributed by atoms with E-state index in [1.165, 1.54) is 23.5 Å². The molecule has 2 bridgehead atoms. The average molecular weight is 505 g/mol. The highest BCUT2D eigenvalue weighted by Gasteiger charge is 2.31. The molecule has 1 aliphatic heterocycles. The number of ether oxygens (including phenoxy) is 1. The quantitative estimate of drug-likeness (QED) is 0.614. The largest absolute Gasteiger partial charge is 0.394 e. The van der Waals surface area contributed by atoms with Gasteiger partial charge in [0, 0.05) is 39.0 Å². The van der Waals surface area contributed by atoms with Crippen LogP contribution in [-0.4, -0.2) is 82.5 Å². The molecule has 1 amide bonds. The summed E-state index contributed by atoms with van der Waals surface area (Å²) in [4.78, 5) is 14.5. The van der Waals surface area contributed by atoms with Crippen molar-refractivity contribution < 1.29 is 23.1 Å². The average Bonchev–Trinajstić information content (AvgIpc) is 3.31. The number of carbonyl (C=O) groups excluding carboxylic acids is 1. The van der Waals surface area contributed by atoms with E-state index in [1.54, 1.807) is 34.8 Å². The van der Waals surface area contributed by atoms with Gasteiger partial charge in [0.15, 0.2) is 0 Å². The number of hydrogen-bond acceptors (Lipinski definition) is 8. The molecule has 0 fully saturated rings. The van der Waals surface area contributed by atoms with E-state index in [2.05, 4.69) is 10.3 Å². The molecular weight excluding hydrogens is 472 g/mol. The van der Waals surface area contributed by atoms with Gasteiger partial charge in [0.1, 0.15) is 11.8 Å². The SMILES string of the molecule is C[C@H](CO)N1C[C@H](C)[C@H](CN(C)S(=O)(=O)c2ccccc2C#N)OCc2cn(nn2)CCCC1=O. The van der Waals surface area contributed by atoms with Gasteiger partial charge in [0.25, 0.3) is 0 Å². The molecular formula is C23H32N6O5S. The van der Waals surface area contributed by atoms with E-state index in [4.69, 9.17) is 4.74 Å². The smallest absolute Gasteiger partial charge is 0.244 e. The Kier molecular flexibility index (Phi) is 8.96. The summed E-state index contributed by atoms with van der Waals surface area (Å²) in [6, 6.07) is 7.58. The molecule has 190 valence electrons. The zero-order valence-electron chi connectivity index (χ0n) is 20.2. The predicted octanol–water partition coefficient (Wildman–Crippen LogP) is 0.995. The number of benzene rings is 1. The van der Waals surface area contributed by atoms with Gasteiger partial charge in [-0.05, 0) is 25.5 Å². The molecule has 1 aliphatic rings. The minimum Gasteiger partial charge on any atom is -0.394 e. The first kappa shape index (κ1) is 26.7. The van der Waals surface area contributed by atoms with Crippen LogP contribution in [0.1, 0.15) is 37.9 Å². The van der Waals surface area contributed by atoms with Crippen LogP contribution in [0.15, 0.2) is 35.4 Å². The van der Waals surface area contributed by atoms with Gasteiger partial charge < -0.3 is 14.7 Å². The van der Waals surface area contributed by atoms with Crippen LogP contribution in [0, 0.1) is 17.2 Å². The van der Waals surface area contributed by atoms with Gasteiger partial charge in [-0.25, -0.2) is 8.42 Å². The number of hydrogen-bond donors (Lipinski definition) is 1. The van der Waals surface area contributed by atoms with Crippen molar-refractivity contribution in [1.29, 1.82) is 5.26 Å². The van der Waals surface area contributed by atoms with E-state index in [-0.39, 0.29) is 55.0 Å². The third-order valence-corrected chi connectivity index (χ3v) is 8.06. The summed E-state index contributed by atoms with van der Waals surface area (Å²) < 4.78 is 35.5. The fourth-order valence-electron chi connectivity index (χ4n) is 4.00. The monoisotopic (exact) mass is 504 g/mol. The maximum Gasteiger partial charge on any atom is 0.244 e. The molecule has 1 aromatic carbocycles. The van der Waals surface area contributed by atoms with Crippen LogP contribution in [0.3, 0.4) is 0 Å². The highest BCUT2D eigenvalue weighted by molar-refractivity contribution is 7.89. The normalized spacial score (nSPS) is 21.0. The number of amides is 1. The lowest BCUT2D eigenvalue weighted by atomic mass is 10.0. The lowest BCUT2D eigenvalue weighted by Crippen LogP contribution is -2.47. The second-order valence-electron chi connectivity index (χ2n) is 8.87. The summed E-state index contributed by atoms with van der Waals surface area (Å²) in [6.45, 7) is 4.41. The number of nitriles is 1. The summed E-state index contributed by atoms with van der Waals surface area (Å²) in [5, 5.41) is 27.3. The molecule has 3 atom stereocenters. The van der Waals surface area contributed by atoms with E-state index in [0.717, 1.165) is 0 Å². The lowest BCUT2D eigenvalue weighted by Gasteiger charge is -2.35. The molecule has 0 spiro atoms. The van der Waals surface area contributed by atoms with Gasteiger partial charge in [-0.3, -0.25) is 9.48 Å². The summed E-state index contributed by atoms with van der Waals surface area (Å²) in [5.74, 6) is -0.367. The molecule has 0 unspecified atom stereocenters. The number of aliphatic hydroxyl groups excluding tert-OH is 1. The van der Waals surface area contributed by atoms with Gasteiger partial charge in [-0.1, -0.05) is 24.3 Å². The van der Waals surface area contributed by atoms with Crippen molar-refractivity contribution in [3.63, 3.8) is 0 Å². The number of sulfonamides is 1. The number of nitrogens with zero attached hydrogens (tertiary/aromatic N) is 6. The zero-order valence-corrected chi connectivity index (χ0v) is 21.1. The van der Waals surface area contributed by atoms with Gasteiger partial charge in [-0.2, -0.15) is 9.57 Å². The molecule has 1 N–H and O–H groups in total. The molecule has 1 aromatic heterocycles. The van der Waals surface area contributed by atoms with Crippen LogP contribution in [0.2, 0.25) is 0 Å². The Hall–Kier alpha value is -2.85. The van der Waals surface area contributed by atoms with Crippen LogP contribution in [0.25, 0.3) is 0 Å². The number of carbonyl (C=O) groups is 1.